The zero-order valence-corrected chi connectivity index (χ0v) is 12.0. The number of para-hydroxylation sites is 1. The molecule has 0 bridgehead atoms. The summed E-state index contributed by atoms with van der Waals surface area (Å²) in [6.45, 7) is 0.716. The van der Waals surface area contributed by atoms with Crippen molar-refractivity contribution in [2.24, 2.45) is 7.05 Å². The van der Waals surface area contributed by atoms with Crippen molar-refractivity contribution >= 4 is 22.7 Å². The van der Waals surface area contributed by atoms with Crippen LogP contribution in [0.5, 0.6) is 0 Å². The largest absolute Gasteiger partial charge is 0.369 e. The first-order chi connectivity index (χ1) is 10.3. The summed E-state index contributed by atoms with van der Waals surface area (Å²) in [7, 11) is 3.67. The van der Waals surface area contributed by atoms with Crippen LogP contribution in [0, 0.1) is 0 Å². The Kier molecular flexibility index (Phi) is 3.63. The molecule has 3 rings (SSSR count). The van der Waals surface area contributed by atoms with Gasteiger partial charge in [0, 0.05) is 32.4 Å². The summed E-state index contributed by atoms with van der Waals surface area (Å²) < 4.78 is 1.70. The lowest BCUT2D eigenvalue weighted by Gasteiger charge is -2.09. The molecule has 0 fully saturated rings. The second kappa shape index (κ2) is 5.74. The summed E-state index contributed by atoms with van der Waals surface area (Å²) in [5, 5.41) is 11.6. The number of rotatable bonds is 5. The molecule has 1 aromatic carbocycles. The Morgan fingerprint density at radius 2 is 2.05 bits per heavy atom. The molecule has 0 saturated heterocycles. The van der Waals surface area contributed by atoms with E-state index in [0.717, 1.165) is 29.0 Å². The number of hydrogen-bond acceptors (Lipinski definition) is 6. The molecule has 0 amide bonds. The number of hydrogen-bond donors (Lipinski definition) is 2. The van der Waals surface area contributed by atoms with Crippen LogP contribution in [0.15, 0.2) is 30.6 Å². The van der Waals surface area contributed by atoms with Crippen molar-refractivity contribution in [1.82, 2.24) is 24.7 Å². The monoisotopic (exact) mass is 283 g/mol. The zero-order valence-electron chi connectivity index (χ0n) is 12.0. The number of nitrogens with zero attached hydrogens (tertiary/aromatic N) is 5. The molecule has 0 saturated carbocycles. The molecule has 3 aromatic rings. The second-order valence-corrected chi connectivity index (χ2v) is 4.67. The highest BCUT2D eigenvalue weighted by molar-refractivity contribution is 5.89. The average molecular weight is 283 g/mol. The molecule has 0 aliphatic rings. The van der Waals surface area contributed by atoms with Crippen molar-refractivity contribution < 1.29 is 0 Å². The Bertz CT molecular complexity index is 750. The third-order valence-corrected chi connectivity index (χ3v) is 3.11. The van der Waals surface area contributed by atoms with Crippen LogP contribution in [-0.2, 0) is 13.5 Å². The molecule has 7 heteroatoms. The number of aromatic nitrogens is 5. The Hall–Kier alpha value is -2.70. The molecule has 21 heavy (non-hydrogen) atoms. The van der Waals surface area contributed by atoms with Crippen LogP contribution < -0.4 is 10.6 Å². The summed E-state index contributed by atoms with van der Waals surface area (Å²) >= 11 is 0. The predicted octanol–water partition coefficient (Wildman–Crippen LogP) is 1.45. The van der Waals surface area contributed by atoms with Crippen molar-refractivity contribution in [3.05, 3.63) is 36.4 Å². The minimum atomic E-state index is 0.604. The summed E-state index contributed by atoms with van der Waals surface area (Å²) in [6.07, 6.45) is 2.45. The van der Waals surface area contributed by atoms with E-state index < -0.39 is 0 Å². The lowest BCUT2D eigenvalue weighted by Crippen LogP contribution is -2.09. The van der Waals surface area contributed by atoms with Gasteiger partial charge in [0.1, 0.15) is 12.1 Å². The van der Waals surface area contributed by atoms with Crippen LogP contribution in [0.2, 0.25) is 0 Å². The normalized spacial score (nSPS) is 10.8. The third-order valence-electron chi connectivity index (χ3n) is 3.11. The van der Waals surface area contributed by atoms with Gasteiger partial charge in [-0.05, 0) is 12.1 Å². The molecule has 0 unspecified atom stereocenters. The van der Waals surface area contributed by atoms with Gasteiger partial charge in [-0.3, -0.25) is 4.68 Å². The summed E-state index contributed by atoms with van der Waals surface area (Å²) in [4.78, 5) is 13.1. The molecule has 0 atom stereocenters. The molecule has 0 spiro atoms. The van der Waals surface area contributed by atoms with E-state index in [1.165, 1.54) is 0 Å². The maximum absolute atomic E-state index is 4.48. The van der Waals surface area contributed by atoms with Gasteiger partial charge in [0.2, 0.25) is 5.95 Å². The number of nitrogens with one attached hydrogen (secondary N) is 2. The first-order valence-corrected chi connectivity index (χ1v) is 6.79. The SMILES string of the molecule is CNc1nc(NCCc2ncn(C)n2)c2ccccc2n1. The van der Waals surface area contributed by atoms with Crippen LogP contribution in [0.25, 0.3) is 10.9 Å². The molecule has 108 valence electrons. The van der Waals surface area contributed by atoms with E-state index in [0.29, 0.717) is 12.5 Å². The Labute approximate surface area is 122 Å². The number of benzene rings is 1. The highest BCUT2D eigenvalue weighted by atomic mass is 15.3. The van der Waals surface area contributed by atoms with E-state index in [4.69, 9.17) is 0 Å². The quantitative estimate of drug-likeness (QED) is 0.738. The van der Waals surface area contributed by atoms with Crippen molar-refractivity contribution in [3.63, 3.8) is 0 Å². The fourth-order valence-electron chi connectivity index (χ4n) is 2.11. The van der Waals surface area contributed by atoms with Gasteiger partial charge in [-0.2, -0.15) is 10.1 Å². The van der Waals surface area contributed by atoms with Crippen LogP contribution in [0.4, 0.5) is 11.8 Å². The highest BCUT2D eigenvalue weighted by Crippen LogP contribution is 2.21. The lowest BCUT2D eigenvalue weighted by atomic mass is 10.2. The summed E-state index contributed by atoms with van der Waals surface area (Å²) in [5.41, 5.74) is 0.912. The van der Waals surface area contributed by atoms with Crippen LogP contribution in [0.3, 0.4) is 0 Å². The highest BCUT2D eigenvalue weighted by Gasteiger charge is 2.06. The second-order valence-electron chi connectivity index (χ2n) is 4.67. The van der Waals surface area contributed by atoms with Crippen molar-refractivity contribution in [3.8, 4) is 0 Å². The molecule has 0 aliphatic heterocycles. The molecular weight excluding hydrogens is 266 g/mol. The van der Waals surface area contributed by atoms with Gasteiger partial charge in [0.15, 0.2) is 5.82 Å². The van der Waals surface area contributed by atoms with E-state index in [2.05, 4.69) is 30.7 Å². The van der Waals surface area contributed by atoms with Gasteiger partial charge in [0.25, 0.3) is 0 Å². The Morgan fingerprint density at radius 1 is 1.19 bits per heavy atom. The Balaban J connectivity index is 1.79. The van der Waals surface area contributed by atoms with E-state index >= 15 is 0 Å². The minimum Gasteiger partial charge on any atom is -0.369 e. The summed E-state index contributed by atoms with van der Waals surface area (Å²) in [6, 6.07) is 7.94. The lowest BCUT2D eigenvalue weighted by molar-refractivity contribution is 0.742. The van der Waals surface area contributed by atoms with Gasteiger partial charge >= 0.3 is 0 Å². The zero-order chi connectivity index (χ0) is 14.7. The van der Waals surface area contributed by atoms with Gasteiger partial charge in [-0.1, -0.05) is 12.1 Å². The standard InChI is InChI=1S/C14H17N7/c1-15-14-18-11-6-4-3-5-10(11)13(19-14)16-8-7-12-17-9-21(2)20-12/h3-6,9H,7-8H2,1-2H3,(H2,15,16,18,19). The molecule has 7 nitrogen and oxygen atoms in total. The summed E-state index contributed by atoms with van der Waals surface area (Å²) in [5.74, 6) is 2.24. The average Bonchev–Trinajstić information content (AvgIpc) is 2.92. The van der Waals surface area contributed by atoms with Crippen LogP contribution in [0.1, 0.15) is 5.82 Å². The number of aryl methyl sites for hydroxylation is 1. The molecule has 2 aromatic heterocycles. The first kappa shape index (κ1) is 13.3. The van der Waals surface area contributed by atoms with Gasteiger partial charge in [-0.25, -0.2) is 9.97 Å². The van der Waals surface area contributed by atoms with E-state index in [1.807, 2.05) is 38.4 Å². The van der Waals surface area contributed by atoms with Gasteiger partial charge in [0.05, 0.1) is 5.52 Å². The third kappa shape index (κ3) is 2.91. The fraction of sp³-hybridized carbons (Fsp3) is 0.286. The number of anilines is 2. The molecular formula is C14H17N7. The fourth-order valence-corrected chi connectivity index (χ4v) is 2.11. The van der Waals surface area contributed by atoms with E-state index in [-0.39, 0.29) is 0 Å². The van der Waals surface area contributed by atoms with E-state index in [9.17, 15) is 0 Å². The smallest absolute Gasteiger partial charge is 0.224 e. The molecule has 2 N–H and O–H groups in total. The van der Waals surface area contributed by atoms with Crippen LogP contribution >= 0.6 is 0 Å². The van der Waals surface area contributed by atoms with Gasteiger partial charge in [-0.15, -0.1) is 0 Å². The van der Waals surface area contributed by atoms with Crippen LogP contribution in [-0.4, -0.2) is 38.3 Å². The topological polar surface area (TPSA) is 80.5 Å². The molecule has 2 heterocycles. The molecule has 0 radical (unpaired) electrons. The van der Waals surface area contributed by atoms with Crippen molar-refractivity contribution in [1.29, 1.82) is 0 Å². The maximum atomic E-state index is 4.48. The van der Waals surface area contributed by atoms with Crippen molar-refractivity contribution in [2.45, 2.75) is 6.42 Å². The Morgan fingerprint density at radius 3 is 2.81 bits per heavy atom. The van der Waals surface area contributed by atoms with Crippen molar-refractivity contribution in [2.75, 3.05) is 24.2 Å². The number of fused-ring (bicyclic) bond motifs is 1. The maximum Gasteiger partial charge on any atom is 0.224 e. The first-order valence-electron chi connectivity index (χ1n) is 6.79. The predicted molar refractivity (Wildman–Crippen MR) is 82.3 cm³/mol. The van der Waals surface area contributed by atoms with E-state index in [1.54, 1.807) is 11.0 Å². The molecule has 0 aliphatic carbocycles. The minimum absolute atomic E-state index is 0.604. The van der Waals surface area contributed by atoms with Gasteiger partial charge < -0.3 is 10.6 Å².